The standard InChI is InChI=1S/C16H15NO2.C15H13NO2.C10H9NO3.C10H9NO2.C8H6BrNO/c1-2-19-14-5-3-4-11(8-14)12-6-7-13-10-16(18)17-15(13)9-12;1-18-13-6-4-10(5-7-13)11-2-3-12-9-15(17)16-14(12)8-11;1-5-6(10(13)14)2-3-8-7(5)4-9(12)11-8;1-6(12)7-2-3-9-8(4-7)5-10(13)11-9;9-6-2-1-5-3-8(11)10-7(5)4-6/h3-9H,2,10H2,1H3,(H,17,18);2-8H,9H2,1H3,(H,16,17);2-3H,4H2,1H3,(H,11,12)(H,13,14);2-4H,5H2,1H3,(H,11,13);1-2,4H,3H2,(H,10,11). The van der Waals surface area contributed by atoms with E-state index in [1.807, 2.05) is 110 Å². The van der Waals surface area contributed by atoms with Gasteiger partial charge in [0.15, 0.2) is 5.78 Å². The van der Waals surface area contributed by atoms with Crippen molar-refractivity contribution in [2.75, 3.05) is 40.3 Å². The van der Waals surface area contributed by atoms with E-state index >= 15 is 0 Å². The summed E-state index contributed by atoms with van der Waals surface area (Å²) in [7, 11) is 1.65. The number of amides is 5. The highest BCUT2D eigenvalue weighted by Gasteiger charge is 2.24. The second kappa shape index (κ2) is 23.3. The predicted octanol–water partition coefficient (Wildman–Crippen LogP) is 10.6. The van der Waals surface area contributed by atoms with Crippen LogP contribution < -0.4 is 36.1 Å². The molecule has 5 aliphatic heterocycles. The number of aromatic carboxylic acids is 1. The molecule has 0 atom stereocenters. The van der Waals surface area contributed by atoms with E-state index in [-0.39, 0.29) is 47.3 Å². The number of fused-ring (bicyclic) bond motifs is 5. The molecule has 5 amide bonds. The molecule has 0 fully saturated rings. The van der Waals surface area contributed by atoms with Crippen LogP contribution in [0, 0.1) is 6.92 Å². The first kappa shape index (κ1) is 52.4. The highest BCUT2D eigenvalue weighted by atomic mass is 79.9. The predicted molar refractivity (Wildman–Crippen MR) is 292 cm³/mol. The summed E-state index contributed by atoms with van der Waals surface area (Å²) in [4.78, 5) is 77.4. The number of Topliss-reactive ketones (excluding diaryl/α,β-unsaturated/α-hetero) is 1. The third kappa shape index (κ3) is 13.0. The Morgan fingerprint density at radius 1 is 0.520 bits per heavy atom. The van der Waals surface area contributed by atoms with Crippen LogP contribution in [0.5, 0.6) is 11.5 Å². The molecular formula is C59H52BrN5O10. The van der Waals surface area contributed by atoms with Crippen molar-refractivity contribution in [3.63, 3.8) is 0 Å². The van der Waals surface area contributed by atoms with Gasteiger partial charge < -0.3 is 41.2 Å². The van der Waals surface area contributed by atoms with Crippen molar-refractivity contribution >= 4 is 85.7 Å². The quantitative estimate of drug-likeness (QED) is 0.0830. The van der Waals surface area contributed by atoms with Crippen molar-refractivity contribution < 1.29 is 48.1 Å². The van der Waals surface area contributed by atoms with Crippen LogP contribution in [0.3, 0.4) is 0 Å². The fourth-order valence-electron chi connectivity index (χ4n) is 8.83. The molecular weight excluding hydrogens is 1020 g/mol. The van der Waals surface area contributed by atoms with Crippen LogP contribution >= 0.6 is 15.9 Å². The molecule has 0 radical (unpaired) electrons. The van der Waals surface area contributed by atoms with Crippen molar-refractivity contribution in [2.45, 2.75) is 52.9 Å². The van der Waals surface area contributed by atoms with Crippen molar-refractivity contribution in [3.8, 4) is 33.8 Å². The Labute approximate surface area is 441 Å². The average molecular weight is 1070 g/mol. The number of hydrogen-bond acceptors (Lipinski definition) is 9. The van der Waals surface area contributed by atoms with Gasteiger partial charge in [0.1, 0.15) is 11.5 Å². The maximum Gasteiger partial charge on any atom is 0.335 e. The lowest BCUT2D eigenvalue weighted by Crippen LogP contribution is -2.03. The number of anilines is 5. The van der Waals surface area contributed by atoms with Gasteiger partial charge in [0.2, 0.25) is 29.5 Å². The Morgan fingerprint density at radius 3 is 1.59 bits per heavy atom. The number of nitrogens with one attached hydrogen (secondary N) is 5. The van der Waals surface area contributed by atoms with Crippen LogP contribution in [0.25, 0.3) is 22.3 Å². The van der Waals surface area contributed by atoms with Crippen molar-refractivity contribution in [2.24, 2.45) is 0 Å². The molecule has 16 heteroatoms. The summed E-state index contributed by atoms with van der Waals surface area (Å²) in [6.07, 6.45) is 2.15. The zero-order valence-electron chi connectivity index (χ0n) is 41.4. The Hall–Kier alpha value is -8.89. The van der Waals surface area contributed by atoms with Gasteiger partial charge in [-0.15, -0.1) is 0 Å². The van der Waals surface area contributed by atoms with Crippen LogP contribution in [0.4, 0.5) is 28.4 Å². The van der Waals surface area contributed by atoms with Crippen molar-refractivity contribution in [1.82, 2.24) is 0 Å². The number of carbonyl (C=O) groups is 7. The minimum absolute atomic E-state index is 0.00398. The molecule has 6 N–H and O–H groups in total. The first-order valence-electron chi connectivity index (χ1n) is 23.9. The Morgan fingerprint density at radius 2 is 1.01 bits per heavy atom. The van der Waals surface area contributed by atoms with Gasteiger partial charge >= 0.3 is 5.97 Å². The smallest absolute Gasteiger partial charge is 0.335 e. The fourth-order valence-corrected chi connectivity index (χ4v) is 9.19. The Kier molecular flexibility index (Phi) is 16.3. The number of ketones is 1. The van der Waals surface area contributed by atoms with Crippen LogP contribution in [-0.4, -0.2) is 60.1 Å². The molecule has 7 aromatic carbocycles. The van der Waals surface area contributed by atoms with E-state index in [1.165, 1.54) is 13.0 Å². The van der Waals surface area contributed by atoms with E-state index in [4.69, 9.17) is 14.6 Å². The van der Waals surface area contributed by atoms with E-state index in [2.05, 4.69) is 42.5 Å². The van der Waals surface area contributed by atoms with Crippen molar-refractivity contribution in [3.05, 3.63) is 182 Å². The second-order valence-corrected chi connectivity index (χ2v) is 18.8. The van der Waals surface area contributed by atoms with Gasteiger partial charge in [-0.05, 0) is 155 Å². The molecule has 380 valence electrons. The molecule has 0 saturated carbocycles. The average Bonchev–Trinajstić information content (AvgIpc) is 4.23. The molecule has 75 heavy (non-hydrogen) atoms. The van der Waals surface area contributed by atoms with Gasteiger partial charge in [-0.1, -0.05) is 70.5 Å². The highest BCUT2D eigenvalue weighted by Crippen LogP contribution is 2.33. The minimum Gasteiger partial charge on any atom is -0.497 e. The third-order valence-corrected chi connectivity index (χ3v) is 13.1. The summed E-state index contributed by atoms with van der Waals surface area (Å²) in [5.41, 5.74) is 15.3. The van der Waals surface area contributed by atoms with E-state index in [0.717, 1.165) is 94.5 Å². The van der Waals surface area contributed by atoms with E-state index in [9.17, 15) is 33.6 Å². The van der Waals surface area contributed by atoms with Gasteiger partial charge in [0.05, 0.1) is 51.4 Å². The number of ether oxygens (including phenoxy) is 2. The third-order valence-electron chi connectivity index (χ3n) is 12.6. The fraction of sp³-hybridized carbons (Fsp3) is 0.169. The first-order valence-corrected chi connectivity index (χ1v) is 24.7. The number of rotatable bonds is 7. The van der Waals surface area contributed by atoms with E-state index in [1.54, 1.807) is 38.3 Å². The molecule has 0 unspecified atom stereocenters. The Balaban J connectivity index is 0.000000126. The summed E-state index contributed by atoms with van der Waals surface area (Å²) in [6, 6.07) is 42.3. The highest BCUT2D eigenvalue weighted by molar-refractivity contribution is 9.10. The van der Waals surface area contributed by atoms with Crippen LogP contribution in [-0.2, 0) is 56.1 Å². The summed E-state index contributed by atoms with van der Waals surface area (Å²) in [6.45, 7) is 5.87. The number of hydrogen-bond donors (Lipinski definition) is 6. The molecule has 0 saturated heterocycles. The summed E-state index contributed by atoms with van der Waals surface area (Å²) in [5.74, 6) is 0.913. The normalized spacial score (nSPS) is 13.5. The molecule has 15 nitrogen and oxygen atoms in total. The van der Waals surface area contributed by atoms with Crippen LogP contribution in [0.15, 0.2) is 138 Å². The topological polar surface area (TPSA) is 218 Å². The molecule has 0 aromatic heterocycles. The maximum absolute atomic E-state index is 11.4. The van der Waals surface area contributed by atoms with Gasteiger partial charge in [0.25, 0.3) is 0 Å². The first-order chi connectivity index (χ1) is 36.0. The number of carboxylic acid groups (broad SMARTS) is 1. The lowest BCUT2D eigenvalue weighted by Gasteiger charge is -2.08. The van der Waals surface area contributed by atoms with Gasteiger partial charge in [-0.25, -0.2) is 4.79 Å². The lowest BCUT2D eigenvalue weighted by molar-refractivity contribution is -0.115. The Bertz CT molecular complexity index is 3430. The summed E-state index contributed by atoms with van der Waals surface area (Å²) >= 11 is 3.33. The molecule has 0 bridgehead atoms. The lowest BCUT2D eigenvalue weighted by atomic mass is 10.0. The largest absolute Gasteiger partial charge is 0.497 e. The molecule has 0 spiro atoms. The van der Waals surface area contributed by atoms with Crippen LogP contribution in [0.1, 0.15) is 67.9 Å². The number of methoxy groups -OCH3 is 1. The SMILES string of the molecule is CC(=O)c1ccc2c(c1)CC(=O)N2.CCOc1cccc(-c2ccc3c(c2)NC(=O)C3)c1.COc1ccc(-c2ccc3c(c2)NC(=O)C3)cc1.Cc1c(C(=O)O)ccc2c1CC(=O)N2.O=C1Cc2ccc(Br)cc2N1. The van der Waals surface area contributed by atoms with Gasteiger partial charge in [-0.2, -0.15) is 0 Å². The number of carbonyl (C=O) groups excluding carboxylic acids is 6. The number of benzene rings is 7. The van der Waals surface area contributed by atoms with Crippen molar-refractivity contribution in [1.29, 1.82) is 0 Å². The summed E-state index contributed by atoms with van der Waals surface area (Å²) < 4.78 is 11.6. The van der Waals surface area contributed by atoms with E-state index in [0.29, 0.717) is 43.4 Å². The molecule has 7 aromatic rings. The summed E-state index contributed by atoms with van der Waals surface area (Å²) in [5, 5.41) is 22.8. The maximum atomic E-state index is 11.4. The zero-order chi connectivity index (χ0) is 53.3. The number of halogens is 1. The zero-order valence-corrected chi connectivity index (χ0v) is 43.0. The van der Waals surface area contributed by atoms with E-state index < -0.39 is 5.97 Å². The van der Waals surface area contributed by atoms with Gasteiger partial charge in [0, 0.05) is 38.5 Å². The number of carboxylic acids is 1. The molecule has 12 rings (SSSR count). The molecule has 5 heterocycles. The van der Waals surface area contributed by atoms with Gasteiger partial charge in [-0.3, -0.25) is 28.8 Å². The minimum atomic E-state index is -0.954. The second-order valence-electron chi connectivity index (χ2n) is 17.9. The monoisotopic (exact) mass is 1070 g/mol. The molecule has 0 aliphatic carbocycles. The molecule has 5 aliphatic rings. The van der Waals surface area contributed by atoms with Crippen LogP contribution in [0.2, 0.25) is 0 Å².